The molecule has 0 rings (SSSR count). The fourth-order valence-electron chi connectivity index (χ4n) is 1.63. The summed E-state index contributed by atoms with van der Waals surface area (Å²) in [5.41, 5.74) is 0. The molecule has 0 heterocycles. The maximum absolute atomic E-state index is 3.46. The molecule has 84 valence electrons. The van der Waals surface area contributed by atoms with Gasteiger partial charge in [0.15, 0.2) is 0 Å². The summed E-state index contributed by atoms with van der Waals surface area (Å²) >= 11 is 0. The number of rotatable bonds is 5. The Morgan fingerprint density at radius 1 is 1.00 bits per heavy atom. The lowest BCUT2D eigenvalue weighted by Crippen LogP contribution is -2.47. The molecule has 0 saturated heterocycles. The Balaban J connectivity index is 4.77. The quantitative estimate of drug-likeness (QED) is 0.410. The molecule has 0 amide bonds. The Hall–Kier alpha value is -0.730. The Labute approximate surface area is 88.8 Å². The van der Waals surface area contributed by atoms with Crippen molar-refractivity contribution in [1.29, 1.82) is 0 Å². The minimum absolute atomic E-state index is 0.988. The van der Waals surface area contributed by atoms with Gasteiger partial charge in [0.05, 0.1) is 32.7 Å². The van der Waals surface area contributed by atoms with Crippen molar-refractivity contribution in [2.45, 2.75) is 34.6 Å². The molecule has 3 nitrogen and oxygen atoms in total. The van der Waals surface area contributed by atoms with Crippen LogP contribution in [0.1, 0.15) is 34.6 Å². The van der Waals surface area contributed by atoms with Crippen LogP contribution in [0.15, 0.2) is 0 Å². The van der Waals surface area contributed by atoms with Crippen LogP contribution in [0.5, 0.6) is 0 Å². The van der Waals surface area contributed by atoms with Crippen LogP contribution in [-0.4, -0.2) is 48.2 Å². The zero-order valence-corrected chi connectivity index (χ0v) is 10.4. The Morgan fingerprint density at radius 2 is 1.50 bits per heavy atom. The molecule has 0 fully saturated rings. The lowest BCUT2D eigenvalue weighted by molar-refractivity contribution is -0.527. The third kappa shape index (κ3) is 3.56. The van der Waals surface area contributed by atoms with Crippen molar-refractivity contribution >= 4 is 5.96 Å². The highest BCUT2D eigenvalue weighted by Gasteiger charge is 2.16. The first-order chi connectivity index (χ1) is 6.74. The fourth-order valence-corrected chi connectivity index (χ4v) is 1.63. The molecule has 0 aliphatic carbocycles. The van der Waals surface area contributed by atoms with Crippen molar-refractivity contribution in [2.24, 2.45) is 0 Å². The summed E-state index contributed by atoms with van der Waals surface area (Å²) < 4.78 is 2.37. The Morgan fingerprint density at radius 3 is 1.79 bits per heavy atom. The number of hydrogen-bond acceptors (Lipinski definition) is 0. The second-order valence-corrected chi connectivity index (χ2v) is 3.20. The van der Waals surface area contributed by atoms with Gasteiger partial charge in [0.1, 0.15) is 0 Å². The van der Waals surface area contributed by atoms with Crippen LogP contribution >= 0.6 is 0 Å². The molecule has 0 aliphatic heterocycles. The van der Waals surface area contributed by atoms with E-state index in [4.69, 9.17) is 0 Å². The minimum Gasteiger partial charge on any atom is -0.278 e. The maximum Gasteiger partial charge on any atom is 0.348 e. The average Bonchev–Trinajstić information content (AvgIpc) is 2.21. The standard InChI is InChI=1S/C11H25N3/c1-6-12-11(13(7-2)8-3)14(9-4)10-5/h6-10H2,1-5H3/p+1. The smallest absolute Gasteiger partial charge is 0.278 e. The van der Waals surface area contributed by atoms with Gasteiger partial charge in [0.2, 0.25) is 0 Å². The summed E-state index contributed by atoms with van der Waals surface area (Å²) in [7, 11) is 0. The van der Waals surface area contributed by atoms with E-state index in [1.165, 1.54) is 5.96 Å². The largest absolute Gasteiger partial charge is 0.348 e. The van der Waals surface area contributed by atoms with Gasteiger partial charge in [-0.15, -0.1) is 0 Å². The van der Waals surface area contributed by atoms with Gasteiger partial charge in [-0.05, 0) is 34.6 Å². The van der Waals surface area contributed by atoms with Crippen LogP contribution in [0.4, 0.5) is 0 Å². The van der Waals surface area contributed by atoms with E-state index in [0.29, 0.717) is 0 Å². The first-order valence-corrected chi connectivity index (χ1v) is 5.85. The van der Waals surface area contributed by atoms with Gasteiger partial charge in [0.25, 0.3) is 0 Å². The number of hydrogen-bond donors (Lipinski definition) is 1. The molecule has 0 unspecified atom stereocenters. The maximum atomic E-state index is 3.46. The van der Waals surface area contributed by atoms with Crippen molar-refractivity contribution in [2.75, 3.05) is 32.7 Å². The van der Waals surface area contributed by atoms with E-state index in [2.05, 4.69) is 49.4 Å². The first kappa shape index (κ1) is 13.3. The van der Waals surface area contributed by atoms with Gasteiger partial charge < -0.3 is 0 Å². The van der Waals surface area contributed by atoms with Gasteiger partial charge in [-0.1, -0.05) is 0 Å². The molecular weight excluding hydrogens is 174 g/mol. The number of guanidine groups is 1. The molecule has 3 heteroatoms. The summed E-state index contributed by atoms with van der Waals surface area (Å²) in [6, 6.07) is 0. The first-order valence-electron chi connectivity index (χ1n) is 5.85. The fraction of sp³-hybridized carbons (Fsp3) is 0.909. The highest BCUT2D eigenvalue weighted by atomic mass is 15.3. The van der Waals surface area contributed by atoms with Crippen LogP contribution in [0, 0.1) is 0 Å². The average molecular weight is 200 g/mol. The molecule has 0 atom stereocenters. The van der Waals surface area contributed by atoms with Crippen molar-refractivity contribution < 1.29 is 4.58 Å². The van der Waals surface area contributed by atoms with E-state index in [9.17, 15) is 0 Å². The van der Waals surface area contributed by atoms with Gasteiger partial charge in [0, 0.05) is 0 Å². The molecular formula is C11H26N3+. The highest BCUT2D eigenvalue weighted by Crippen LogP contribution is 1.90. The predicted octanol–water partition coefficient (Wildman–Crippen LogP) is 1.35. The second kappa shape index (κ2) is 7.65. The summed E-state index contributed by atoms with van der Waals surface area (Å²) in [6.07, 6.45) is 0. The van der Waals surface area contributed by atoms with Crippen molar-refractivity contribution in [3.63, 3.8) is 0 Å². The molecule has 14 heavy (non-hydrogen) atoms. The van der Waals surface area contributed by atoms with Crippen LogP contribution in [0.25, 0.3) is 0 Å². The lowest BCUT2D eigenvalue weighted by atomic mass is 10.5. The molecule has 0 radical (unpaired) electrons. The van der Waals surface area contributed by atoms with Gasteiger partial charge in [-0.2, -0.15) is 0 Å². The Bertz CT molecular complexity index is 165. The van der Waals surface area contributed by atoms with Crippen molar-refractivity contribution in [1.82, 2.24) is 10.2 Å². The van der Waals surface area contributed by atoms with Gasteiger partial charge >= 0.3 is 5.96 Å². The minimum atomic E-state index is 0.988. The van der Waals surface area contributed by atoms with E-state index in [1.54, 1.807) is 0 Å². The van der Waals surface area contributed by atoms with Crippen LogP contribution in [-0.2, 0) is 0 Å². The summed E-state index contributed by atoms with van der Waals surface area (Å²) in [6.45, 7) is 16.2. The van der Waals surface area contributed by atoms with E-state index in [1.807, 2.05) is 0 Å². The summed E-state index contributed by atoms with van der Waals surface area (Å²) in [5, 5.41) is 3.46. The zero-order valence-electron chi connectivity index (χ0n) is 10.4. The normalized spacial score (nSPS) is 9.79. The monoisotopic (exact) mass is 200 g/mol. The topological polar surface area (TPSA) is 18.3 Å². The van der Waals surface area contributed by atoms with E-state index in [0.717, 1.165) is 32.7 Å². The Kier molecular flexibility index (Phi) is 7.25. The van der Waals surface area contributed by atoms with Crippen LogP contribution in [0.3, 0.4) is 0 Å². The molecule has 1 N–H and O–H groups in total. The second-order valence-electron chi connectivity index (χ2n) is 3.20. The lowest BCUT2D eigenvalue weighted by Gasteiger charge is -2.20. The van der Waals surface area contributed by atoms with Crippen molar-refractivity contribution in [3.05, 3.63) is 0 Å². The van der Waals surface area contributed by atoms with E-state index >= 15 is 0 Å². The SMILES string of the molecule is CCNC(N(CC)CC)=[N+](CC)CC. The van der Waals surface area contributed by atoms with Crippen LogP contribution < -0.4 is 5.32 Å². The zero-order chi connectivity index (χ0) is 11.0. The van der Waals surface area contributed by atoms with Crippen molar-refractivity contribution in [3.8, 4) is 0 Å². The summed E-state index contributed by atoms with van der Waals surface area (Å²) in [4.78, 5) is 2.37. The molecule has 0 aromatic carbocycles. The molecule has 0 aliphatic rings. The molecule has 0 bridgehead atoms. The molecule has 0 aromatic heterocycles. The number of nitrogens with zero attached hydrogens (tertiary/aromatic N) is 2. The van der Waals surface area contributed by atoms with Crippen LogP contribution in [0.2, 0.25) is 0 Å². The highest BCUT2D eigenvalue weighted by molar-refractivity contribution is 5.74. The third-order valence-corrected chi connectivity index (χ3v) is 2.46. The summed E-state index contributed by atoms with van der Waals surface area (Å²) in [5.74, 6) is 1.28. The number of nitrogens with one attached hydrogen (secondary N) is 1. The van der Waals surface area contributed by atoms with Gasteiger partial charge in [-0.25, -0.2) is 0 Å². The molecule has 0 spiro atoms. The molecule has 0 aromatic rings. The van der Waals surface area contributed by atoms with E-state index in [-0.39, 0.29) is 0 Å². The predicted molar refractivity (Wildman–Crippen MR) is 62.9 cm³/mol. The van der Waals surface area contributed by atoms with Gasteiger partial charge in [-0.3, -0.25) is 14.8 Å². The van der Waals surface area contributed by atoms with E-state index < -0.39 is 0 Å². The molecule has 0 saturated carbocycles. The third-order valence-electron chi connectivity index (χ3n) is 2.46.